The lowest BCUT2D eigenvalue weighted by atomic mass is 9.49. The van der Waals surface area contributed by atoms with Crippen LogP contribution in [0.3, 0.4) is 0 Å². The van der Waals surface area contributed by atoms with E-state index in [1.165, 1.54) is 5.56 Å². The lowest BCUT2D eigenvalue weighted by Crippen LogP contribution is -2.23. The van der Waals surface area contributed by atoms with Crippen LogP contribution in [0.4, 0.5) is 0 Å². The minimum absolute atomic E-state index is 0.168. The third-order valence-corrected chi connectivity index (χ3v) is 2.65. The van der Waals surface area contributed by atoms with Crippen LogP contribution in [0.25, 0.3) is 0 Å². The van der Waals surface area contributed by atoms with E-state index < -0.39 is 0 Å². The molecule has 5 radical (unpaired) electrons. The van der Waals surface area contributed by atoms with Crippen molar-refractivity contribution in [2.75, 3.05) is 0 Å². The molecular formula is C11H14B3. The van der Waals surface area contributed by atoms with Gasteiger partial charge in [-0.25, -0.2) is 0 Å². The first-order valence-electron chi connectivity index (χ1n) is 5.10. The highest BCUT2D eigenvalue weighted by molar-refractivity contribution is 6.97. The Hall–Kier alpha value is -0.585. The van der Waals surface area contributed by atoms with Gasteiger partial charge in [0.15, 0.2) is 0 Å². The predicted molar refractivity (Wildman–Crippen MR) is 65.8 cm³/mol. The van der Waals surface area contributed by atoms with E-state index in [1.54, 1.807) is 7.17 Å². The van der Waals surface area contributed by atoms with E-state index in [9.17, 15) is 0 Å². The minimum Gasteiger partial charge on any atom is -0.0946 e. The van der Waals surface area contributed by atoms with Gasteiger partial charge < -0.3 is 0 Å². The molecule has 1 aromatic rings. The van der Waals surface area contributed by atoms with Crippen LogP contribution in [0.2, 0.25) is 5.82 Å². The summed E-state index contributed by atoms with van der Waals surface area (Å²) in [6.45, 7) is 4.20. The van der Waals surface area contributed by atoms with Crippen LogP contribution in [0.5, 0.6) is 0 Å². The van der Waals surface area contributed by atoms with Gasteiger partial charge in [-0.3, -0.25) is 0 Å². The molecule has 14 heavy (non-hydrogen) atoms. The van der Waals surface area contributed by atoms with Gasteiger partial charge in [-0.05, 0) is 12.3 Å². The van der Waals surface area contributed by atoms with Gasteiger partial charge in [-0.1, -0.05) is 55.0 Å². The molecule has 0 aromatic heterocycles. The summed E-state index contributed by atoms with van der Waals surface area (Å²) in [7, 11) is 13.2. The molecule has 0 nitrogen and oxygen atoms in total. The van der Waals surface area contributed by atoms with Gasteiger partial charge in [0.05, 0.1) is 15.0 Å². The third kappa shape index (κ3) is 2.46. The van der Waals surface area contributed by atoms with Crippen molar-refractivity contribution in [3.8, 4) is 0 Å². The summed E-state index contributed by atoms with van der Waals surface area (Å²) in [5.74, 6) is 0.562. The summed E-state index contributed by atoms with van der Waals surface area (Å²) in [5.41, 5.74) is 2.35. The van der Waals surface area contributed by atoms with E-state index in [-0.39, 0.29) is 5.82 Å². The summed E-state index contributed by atoms with van der Waals surface area (Å²) in [5, 5.41) is 0. The first-order valence-corrected chi connectivity index (χ1v) is 5.10. The van der Waals surface area contributed by atoms with Gasteiger partial charge in [0, 0.05) is 7.74 Å². The molecule has 2 unspecified atom stereocenters. The van der Waals surface area contributed by atoms with Crippen LogP contribution in [-0.2, 0) is 0 Å². The molecule has 0 bridgehead atoms. The maximum absolute atomic E-state index is 5.95. The fourth-order valence-corrected chi connectivity index (χ4v) is 1.88. The highest BCUT2D eigenvalue weighted by Crippen LogP contribution is 2.28. The zero-order valence-corrected chi connectivity index (χ0v) is 8.90. The Morgan fingerprint density at radius 3 is 2.50 bits per heavy atom. The summed E-state index contributed by atoms with van der Waals surface area (Å²) >= 11 is 0. The summed E-state index contributed by atoms with van der Waals surface area (Å²) in [6.07, 6.45) is 1.04. The average Bonchev–Trinajstić information content (AvgIpc) is 2.19. The van der Waals surface area contributed by atoms with Gasteiger partial charge in [0.2, 0.25) is 0 Å². The third-order valence-electron chi connectivity index (χ3n) is 2.65. The van der Waals surface area contributed by atoms with E-state index in [4.69, 9.17) is 15.6 Å². The second-order valence-corrected chi connectivity index (χ2v) is 3.67. The molecule has 0 aliphatic heterocycles. The van der Waals surface area contributed by atoms with Crippen molar-refractivity contribution in [3.63, 3.8) is 0 Å². The quantitative estimate of drug-likeness (QED) is 0.615. The van der Waals surface area contributed by atoms with E-state index in [0.717, 1.165) is 11.9 Å². The highest BCUT2D eigenvalue weighted by atomic mass is 14.2. The second kappa shape index (κ2) is 5.33. The fraction of sp³-hybridized carbons (Fsp3) is 0.455. The maximum atomic E-state index is 5.95. The largest absolute Gasteiger partial charge is 0.0960 e. The summed E-state index contributed by atoms with van der Waals surface area (Å²) in [4.78, 5) is 0. The molecule has 0 aliphatic rings. The van der Waals surface area contributed by atoms with Crippen LogP contribution in [0, 0.1) is 0 Å². The lowest BCUT2D eigenvalue weighted by Gasteiger charge is -2.22. The average molecular weight is 179 g/mol. The molecule has 0 saturated carbocycles. The van der Waals surface area contributed by atoms with E-state index in [0.29, 0.717) is 5.92 Å². The molecule has 0 spiro atoms. The first-order chi connectivity index (χ1) is 6.70. The summed E-state index contributed by atoms with van der Waals surface area (Å²) < 4.78 is 0. The fourth-order valence-electron chi connectivity index (χ4n) is 1.88. The van der Waals surface area contributed by atoms with Crippen molar-refractivity contribution in [3.05, 3.63) is 29.8 Å². The molecule has 1 rings (SSSR count). The minimum atomic E-state index is 0.168. The number of hydrogen-bond donors (Lipinski definition) is 0. The van der Waals surface area contributed by atoms with E-state index >= 15 is 0 Å². The Labute approximate surface area is 90.5 Å². The van der Waals surface area contributed by atoms with Crippen LogP contribution < -0.4 is 5.46 Å². The number of benzene rings is 1. The zero-order valence-electron chi connectivity index (χ0n) is 8.90. The van der Waals surface area contributed by atoms with Gasteiger partial charge in [0.25, 0.3) is 0 Å². The van der Waals surface area contributed by atoms with Crippen molar-refractivity contribution in [2.45, 2.75) is 32.0 Å². The first kappa shape index (κ1) is 11.5. The number of rotatable bonds is 4. The Morgan fingerprint density at radius 2 is 2.00 bits per heavy atom. The summed E-state index contributed by atoms with van der Waals surface area (Å²) in [6, 6.07) is 8.17. The molecule has 2 atom stereocenters. The molecule has 0 fully saturated rings. The van der Waals surface area contributed by atoms with Crippen molar-refractivity contribution in [1.29, 1.82) is 0 Å². The Morgan fingerprint density at radius 1 is 1.36 bits per heavy atom. The molecule has 67 valence electrons. The molecule has 0 N–H and O–H groups in total. The Balaban J connectivity index is 3.02. The van der Waals surface area contributed by atoms with E-state index in [2.05, 4.69) is 13.0 Å². The van der Waals surface area contributed by atoms with Gasteiger partial charge in [-0.15, -0.1) is 0 Å². The van der Waals surface area contributed by atoms with Gasteiger partial charge in [-0.2, -0.15) is 0 Å². The van der Waals surface area contributed by atoms with Gasteiger partial charge >= 0.3 is 0 Å². The normalized spacial score (nSPS) is 14.7. The van der Waals surface area contributed by atoms with Crippen molar-refractivity contribution < 1.29 is 0 Å². The molecule has 3 heteroatoms. The monoisotopic (exact) mass is 179 g/mol. The standard InChI is InChI=1S/C11H14B3/c1-3-9(8(2)12)10-6-4-5-7-11(10)14-13/h4-9H,3H2,1-2H3. The molecule has 0 saturated heterocycles. The van der Waals surface area contributed by atoms with Crippen molar-refractivity contribution >= 4 is 28.2 Å². The Kier molecular flexibility index (Phi) is 4.38. The predicted octanol–water partition coefficient (Wildman–Crippen LogP) is 1.57. The highest BCUT2D eigenvalue weighted by Gasteiger charge is 2.15. The van der Waals surface area contributed by atoms with Crippen molar-refractivity contribution in [2.24, 2.45) is 0 Å². The lowest BCUT2D eigenvalue weighted by molar-refractivity contribution is 0.644. The van der Waals surface area contributed by atoms with Gasteiger partial charge in [0.1, 0.15) is 0 Å². The van der Waals surface area contributed by atoms with Crippen LogP contribution >= 0.6 is 0 Å². The smallest absolute Gasteiger partial charge is 0.0946 e. The second-order valence-electron chi connectivity index (χ2n) is 3.67. The molecule has 1 aromatic carbocycles. The SMILES string of the molecule is [B][B]c1ccccc1C(CC)C([B])C. The Bertz CT molecular complexity index is 284. The van der Waals surface area contributed by atoms with Crippen LogP contribution in [0.15, 0.2) is 24.3 Å². The zero-order chi connectivity index (χ0) is 10.6. The maximum Gasteiger partial charge on any atom is 0.0960 e. The molecule has 0 amide bonds. The van der Waals surface area contributed by atoms with E-state index in [1.807, 2.05) is 25.1 Å². The van der Waals surface area contributed by atoms with Crippen molar-refractivity contribution in [1.82, 2.24) is 0 Å². The molecular weight excluding hydrogens is 165 g/mol. The van der Waals surface area contributed by atoms with Crippen LogP contribution in [-0.4, -0.2) is 22.8 Å². The topological polar surface area (TPSA) is 0 Å². The molecule has 0 aliphatic carbocycles. The number of hydrogen-bond acceptors (Lipinski definition) is 0. The van der Waals surface area contributed by atoms with Crippen LogP contribution in [0.1, 0.15) is 31.7 Å². The molecule has 0 heterocycles.